The predicted octanol–water partition coefficient (Wildman–Crippen LogP) is 3.52. The molecule has 0 radical (unpaired) electrons. The van der Waals surface area contributed by atoms with Gasteiger partial charge in [0.05, 0.1) is 0 Å². The third-order valence-electron chi connectivity index (χ3n) is 3.82. The minimum Gasteiger partial charge on any atom is -0.313 e. The van der Waals surface area contributed by atoms with Crippen LogP contribution in [0.1, 0.15) is 59.8 Å². The Hall–Kier alpha value is -0.0800. The summed E-state index contributed by atoms with van der Waals surface area (Å²) in [4.78, 5) is 2.69. The topological polar surface area (TPSA) is 15.3 Å². The molecule has 2 nitrogen and oxygen atoms in total. The number of nitrogens with one attached hydrogen (secondary N) is 1. The summed E-state index contributed by atoms with van der Waals surface area (Å²) in [6.45, 7) is 14.4. The Morgan fingerprint density at radius 3 is 2.56 bits per heavy atom. The number of rotatable bonds is 7. The SMILES string of the molecule is CC(C)CCCCN1CCCNC(CC(C)C)C1. The number of nitrogens with zero attached hydrogens (tertiary/aromatic N) is 1. The Morgan fingerprint density at radius 1 is 1.11 bits per heavy atom. The van der Waals surface area contributed by atoms with E-state index in [1.807, 2.05) is 0 Å². The molecule has 0 aromatic rings. The second kappa shape index (κ2) is 8.92. The fourth-order valence-electron chi connectivity index (χ4n) is 2.89. The summed E-state index contributed by atoms with van der Waals surface area (Å²) in [7, 11) is 0. The lowest BCUT2D eigenvalue weighted by molar-refractivity contribution is 0.248. The van der Waals surface area contributed by atoms with Crippen molar-refractivity contribution in [1.29, 1.82) is 0 Å². The standard InChI is InChI=1S/C16H34N2/c1-14(2)8-5-6-10-18-11-7-9-17-16(13-18)12-15(3)4/h14-17H,5-13H2,1-4H3. The first kappa shape index (κ1) is 16.0. The van der Waals surface area contributed by atoms with Crippen molar-refractivity contribution in [2.45, 2.75) is 65.8 Å². The smallest absolute Gasteiger partial charge is 0.0197 e. The molecule has 1 fully saturated rings. The lowest BCUT2D eigenvalue weighted by atomic mass is 10.0. The normalized spacial score (nSPS) is 22.7. The summed E-state index contributed by atoms with van der Waals surface area (Å²) < 4.78 is 0. The van der Waals surface area contributed by atoms with E-state index in [-0.39, 0.29) is 0 Å². The highest BCUT2D eigenvalue weighted by molar-refractivity contribution is 4.77. The van der Waals surface area contributed by atoms with Crippen LogP contribution in [-0.4, -0.2) is 37.1 Å². The van der Waals surface area contributed by atoms with Crippen LogP contribution < -0.4 is 5.32 Å². The minimum atomic E-state index is 0.720. The zero-order valence-corrected chi connectivity index (χ0v) is 13.0. The highest BCUT2D eigenvalue weighted by Gasteiger charge is 2.17. The number of unbranched alkanes of at least 4 members (excludes halogenated alkanes) is 1. The van der Waals surface area contributed by atoms with E-state index in [1.165, 1.54) is 58.3 Å². The first-order valence-corrected chi connectivity index (χ1v) is 8.03. The van der Waals surface area contributed by atoms with E-state index in [4.69, 9.17) is 0 Å². The van der Waals surface area contributed by atoms with Crippen LogP contribution in [-0.2, 0) is 0 Å². The van der Waals surface area contributed by atoms with Gasteiger partial charge in [-0.05, 0) is 50.7 Å². The third kappa shape index (κ3) is 7.38. The molecular formula is C16H34N2. The molecule has 0 amide bonds. The molecule has 1 N–H and O–H groups in total. The van der Waals surface area contributed by atoms with Crippen molar-refractivity contribution >= 4 is 0 Å². The van der Waals surface area contributed by atoms with Gasteiger partial charge in [-0.15, -0.1) is 0 Å². The molecule has 0 bridgehead atoms. The van der Waals surface area contributed by atoms with Gasteiger partial charge < -0.3 is 10.2 Å². The summed E-state index contributed by atoms with van der Waals surface area (Å²) in [5.74, 6) is 1.67. The van der Waals surface area contributed by atoms with Crippen LogP contribution in [0.5, 0.6) is 0 Å². The fourth-order valence-corrected chi connectivity index (χ4v) is 2.89. The van der Waals surface area contributed by atoms with Gasteiger partial charge in [0.1, 0.15) is 0 Å². The molecule has 1 unspecified atom stereocenters. The Balaban J connectivity index is 2.22. The van der Waals surface area contributed by atoms with Crippen molar-refractivity contribution in [3.05, 3.63) is 0 Å². The van der Waals surface area contributed by atoms with Crippen LogP contribution in [0, 0.1) is 11.8 Å². The van der Waals surface area contributed by atoms with E-state index in [9.17, 15) is 0 Å². The highest BCUT2D eigenvalue weighted by atomic mass is 15.2. The molecule has 1 aliphatic rings. The molecule has 0 aliphatic carbocycles. The van der Waals surface area contributed by atoms with Crippen molar-refractivity contribution in [2.75, 3.05) is 26.2 Å². The lowest BCUT2D eigenvalue weighted by Gasteiger charge is -2.25. The van der Waals surface area contributed by atoms with Gasteiger partial charge in [-0.25, -0.2) is 0 Å². The van der Waals surface area contributed by atoms with E-state index in [2.05, 4.69) is 37.9 Å². The average molecular weight is 254 g/mol. The Labute approximate surface area is 115 Å². The molecule has 0 aromatic heterocycles. The van der Waals surface area contributed by atoms with E-state index in [1.54, 1.807) is 0 Å². The van der Waals surface area contributed by atoms with Crippen LogP contribution in [0.4, 0.5) is 0 Å². The first-order valence-electron chi connectivity index (χ1n) is 8.03. The van der Waals surface area contributed by atoms with Crippen molar-refractivity contribution in [3.63, 3.8) is 0 Å². The van der Waals surface area contributed by atoms with Gasteiger partial charge in [0, 0.05) is 12.6 Å². The van der Waals surface area contributed by atoms with Gasteiger partial charge in [0.25, 0.3) is 0 Å². The van der Waals surface area contributed by atoms with Gasteiger partial charge in [-0.3, -0.25) is 0 Å². The van der Waals surface area contributed by atoms with Gasteiger partial charge in [-0.1, -0.05) is 40.5 Å². The minimum absolute atomic E-state index is 0.720. The lowest BCUT2D eigenvalue weighted by Crippen LogP contribution is -2.38. The molecule has 0 spiro atoms. The second-order valence-electron chi connectivity index (χ2n) is 6.82. The molecule has 1 rings (SSSR count). The molecule has 1 saturated heterocycles. The zero-order valence-electron chi connectivity index (χ0n) is 13.0. The van der Waals surface area contributed by atoms with Crippen molar-refractivity contribution in [1.82, 2.24) is 10.2 Å². The monoisotopic (exact) mass is 254 g/mol. The summed E-state index contributed by atoms with van der Waals surface area (Å²) >= 11 is 0. The Bertz CT molecular complexity index is 201. The first-order chi connectivity index (χ1) is 8.58. The quantitative estimate of drug-likeness (QED) is 0.699. The zero-order chi connectivity index (χ0) is 13.4. The highest BCUT2D eigenvalue weighted by Crippen LogP contribution is 2.12. The van der Waals surface area contributed by atoms with Gasteiger partial charge >= 0.3 is 0 Å². The number of hydrogen-bond acceptors (Lipinski definition) is 2. The second-order valence-corrected chi connectivity index (χ2v) is 6.82. The molecule has 2 heteroatoms. The number of hydrogen-bond donors (Lipinski definition) is 1. The third-order valence-corrected chi connectivity index (χ3v) is 3.82. The van der Waals surface area contributed by atoms with E-state index < -0.39 is 0 Å². The largest absolute Gasteiger partial charge is 0.313 e. The molecule has 0 aromatic carbocycles. The molecule has 18 heavy (non-hydrogen) atoms. The molecular weight excluding hydrogens is 220 g/mol. The summed E-state index contributed by atoms with van der Waals surface area (Å²) in [6, 6.07) is 0.720. The molecule has 1 atom stereocenters. The Morgan fingerprint density at radius 2 is 1.89 bits per heavy atom. The maximum Gasteiger partial charge on any atom is 0.0197 e. The maximum absolute atomic E-state index is 3.71. The van der Waals surface area contributed by atoms with Crippen LogP contribution in [0.3, 0.4) is 0 Å². The van der Waals surface area contributed by atoms with Gasteiger partial charge in [0.15, 0.2) is 0 Å². The Kier molecular flexibility index (Phi) is 7.92. The molecule has 1 aliphatic heterocycles. The van der Waals surface area contributed by atoms with Crippen molar-refractivity contribution in [3.8, 4) is 0 Å². The van der Waals surface area contributed by atoms with Gasteiger partial charge in [-0.2, -0.15) is 0 Å². The molecule has 1 heterocycles. The van der Waals surface area contributed by atoms with Crippen LogP contribution in [0.25, 0.3) is 0 Å². The van der Waals surface area contributed by atoms with Crippen molar-refractivity contribution < 1.29 is 0 Å². The van der Waals surface area contributed by atoms with E-state index >= 15 is 0 Å². The van der Waals surface area contributed by atoms with E-state index in [0.717, 1.165) is 17.9 Å². The van der Waals surface area contributed by atoms with Crippen LogP contribution in [0.15, 0.2) is 0 Å². The average Bonchev–Trinajstić information content (AvgIpc) is 2.49. The van der Waals surface area contributed by atoms with Gasteiger partial charge in [0.2, 0.25) is 0 Å². The summed E-state index contributed by atoms with van der Waals surface area (Å²) in [6.07, 6.45) is 6.81. The fraction of sp³-hybridized carbons (Fsp3) is 1.00. The summed E-state index contributed by atoms with van der Waals surface area (Å²) in [5.41, 5.74) is 0. The summed E-state index contributed by atoms with van der Waals surface area (Å²) in [5, 5.41) is 3.71. The van der Waals surface area contributed by atoms with Crippen LogP contribution in [0.2, 0.25) is 0 Å². The molecule has 108 valence electrons. The van der Waals surface area contributed by atoms with Crippen LogP contribution >= 0.6 is 0 Å². The maximum atomic E-state index is 3.71. The van der Waals surface area contributed by atoms with E-state index in [0.29, 0.717) is 0 Å². The van der Waals surface area contributed by atoms with Crippen molar-refractivity contribution in [2.24, 2.45) is 11.8 Å². The molecule has 0 saturated carbocycles. The predicted molar refractivity (Wildman–Crippen MR) is 81.0 cm³/mol.